The van der Waals surface area contributed by atoms with Crippen molar-refractivity contribution >= 4 is 11.7 Å². The van der Waals surface area contributed by atoms with Crippen molar-refractivity contribution in [1.82, 2.24) is 10.2 Å². The standard InChI is InChI=1S/C14H22N4O2/c1-3-18(2)13(19)10-16-9-12(14(15)17-20)11-7-5-4-6-8-11/h4-8,12,16,20H,3,9-10H2,1-2H3,(H2,15,17). The van der Waals surface area contributed by atoms with Gasteiger partial charge in [-0.1, -0.05) is 35.5 Å². The molecule has 1 aromatic rings. The van der Waals surface area contributed by atoms with Gasteiger partial charge in [-0.3, -0.25) is 4.79 Å². The Morgan fingerprint density at radius 1 is 1.45 bits per heavy atom. The number of rotatable bonds is 7. The molecule has 0 saturated carbocycles. The lowest BCUT2D eigenvalue weighted by molar-refractivity contribution is -0.128. The molecular weight excluding hydrogens is 256 g/mol. The van der Waals surface area contributed by atoms with Crippen molar-refractivity contribution in [3.05, 3.63) is 35.9 Å². The van der Waals surface area contributed by atoms with E-state index in [4.69, 9.17) is 10.9 Å². The number of hydrogen-bond acceptors (Lipinski definition) is 4. The second-order valence-electron chi connectivity index (χ2n) is 4.53. The Hall–Kier alpha value is -2.08. The first-order valence-electron chi connectivity index (χ1n) is 6.57. The van der Waals surface area contributed by atoms with Crippen LogP contribution in [0.4, 0.5) is 0 Å². The van der Waals surface area contributed by atoms with Crippen LogP contribution in [-0.4, -0.2) is 48.5 Å². The maximum Gasteiger partial charge on any atom is 0.236 e. The monoisotopic (exact) mass is 278 g/mol. The highest BCUT2D eigenvalue weighted by atomic mass is 16.4. The summed E-state index contributed by atoms with van der Waals surface area (Å²) in [4.78, 5) is 13.3. The molecule has 1 atom stereocenters. The zero-order valence-electron chi connectivity index (χ0n) is 11.9. The summed E-state index contributed by atoms with van der Waals surface area (Å²) in [6.45, 7) is 3.25. The zero-order chi connectivity index (χ0) is 15.0. The van der Waals surface area contributed by atoms with Crippen LogP contribution in [0.15, 0.2) is 35.5 Å². The molecule has 0 aliphatic rings. The van der Waals surface area contributed by atoms with Crippen LogP contribution in [0.2, 0.25) is 0 Å². The number of carbonyl (C=O) groups is 1. The molecule has 0 saturated heterocycles. The third-order valence-corrected chi connectivity index (χ3v) is 3.20. The lowest BCUT2D eigenvalue weighted by Crippen LogP contribution is -2.39. The number of amides is 1. The predicted molar refractivity (Wildman–Crippen MR) is 78.8 cm³/mol. The number of oxime groups is 1. The summed E-state index contributed by atoms with van der Waals surface area (Å²) in [5.41, 5.74) is 6.65. The van der Waals surface area contributed by atoms with Gasteiger partial charge in [0.05, 0.1) is 12.5 Å². The fourth-order valence-corrected chi connectivity index (χ4v) is 1.78. The van der Waals surface area contributed by atoms with Gasteiger partial charge < -0.3 is 21.2 Å². The topological polar surface area (TPSA) is 91.0 Å². The molecule has 0 spiro atoms. The van der Waals surface area contributed by atoms with Gasteiger partial charge in [-0.05, 0) is 12.5 Å². The number of amidine groups is 1. The van der Waals surface area contributed by atoms with Gasteiger partial charge in [0.25, 0.3) is 0 Å². The van der Waals surface area contributed by atoms with E-state index in [2.05, 4.69) is 10.5 Å². The van der Waals surface area contributed by atoms with Crippen LogP contribution in [0.25, 0.3) is 0 Å². The fraction of sp³-hybridized carbons (Fsp3) is 0.429. The molecule has 0 radical (unpaired) electrons. The van der Waals surface area contributed by atoms with E-state index in [-0.39, 0.29) is 24.2 Å². The van der Waals surface area contributed by atoms with Crippen LogP contribution in [0.5, 0.6) is 0 Å². The van der Waals surface area contributed by atoms with Gasteiger partial charge in [0.15, 0.2) is 0 Å². The Kier molecular flexibility index (Phi) is 6.52. The lowest BCUT2D eigenvalue weighted by Gasteiger charge is -2.18. The zero-order valence-corrected chi connectivity index (χ0v) is 11.9. The second kappa shape index (κ2) is 8.16. The van der Waals surface area contributed by atoms with Crippen LogP contribution in [0, 0.1) is 0 Å². The fourth-order valence-electron chi connectivity index (χ4n) is 1.78. The average molecular weight is 278 g/mol. The average Bonchev–Trinajstić information content (AvgIpc) is 2.50. The van der Waals surface area contributed by atoms with E-state index in [9.17, 15) is 4.79 Å². The van der Waals surface area contributed by atoms with Gasteiger partial charge in [0.1, 0.15) is 5.84 Å². The first-order valence-corrected chi connectivity index (χ1v) is 6.57. The maximum absolute atomic E-state index is 11.7. The Morgan fingerprint density at radius 3 is 2.65 bits per heavy atom. The third-order valence-electron chi connectivity index (χ3n) is 3.20. The number of likely N-dealkylation sites (N-methyl/N-ethyl adjacent to an activating group) is 1. The SMILES string of the molecule is CCN(C)C(=O)CNCC(/C(N)=N/O)c1ccccc1. The number of nitrogens with two attached hydrogens (primary N) is 1. The second-order valence-corrected chi connectivity index (χ2v) is 4.53. The molecule has 1 rings (SSSR count). The molecule has 1 unspecified atom stereocenters. The van der Waals surface area contributed by atoms with Crippen molar-refractivity contribution < 1.29 is 10.0 Å². The van der Waals surface area contributed by atoms with Crippen molar-refractivity contribution in [2.24, 2.45) is 10.9 Å². The van der Waals surface area contributed by atoms with E-state index >= 15 is 0 Å². The Balaban J connectivity index is 2.62. The molecule has 0 bridgehead atoms. The van der Waals surface area contributed by atoms with Gasteiger partial charge in [-0.2, -0.15) is 0 Å². The van der Waals surface area contributed by atoms with Crippen LogP contribution in [0.3, 0.4) is 0 Å². The lowest BCUT2D eigenvalue weighted by atomic mass is 9.98. The maximum atomic E-state index is 11.7. The molecular formula is C14H22N4O2. The number of nitrogens with zero attached hydrogens (tertiary/aromatic N) is 2. The van der Waals surface area contributed by atoms with E-state index in [1.807, 2.05) is 37.3 Å². The van der Waals surface area contributed by atoms with Gasteiger partial charge in [-0.25, -0.2) is 0 Å². The molecule has 6 heteroatoms. The number of hydrogen-bond donors (Lipinski definition) is 3. The van der Waals surface area contributed by atoms with E-state index < -0.39 is 0 Å². The van der Waals surface area contributed by atoms with Crippen molar-refractivity contribution in [3.8, 4) is 0 Å². The third kappa shape index (κ3) is 4.55. The van der Waals surface area contributed by atoms with Crippen LogP contribution >= 0.6 is 0 Å². The molecule has 6 nitrogen and oxygen atoms in total. The van der Waals surface area contributed by atoms with Gasteiger partial charge >= 0.3 is 0 Å². The predicted octanol–water partition coefficient (Wildman–Crippen LogP) is 0.585. The van der Waals surface area contributed by atoms with Crippen molar-refractivity contribution in [2.45, 2.75) is 12.8 Å². The Labute approximate surface area is 119 Å². The summed E-state index contributed by atoms with van der Waals surface area (Å²) in [6.07, 6.45) is 0. The molecule has 0 fully saturated rings. The summed E-state index contributed by atoms with van der Waals surface area (Å²) in [6, 6.07) is 9.50. The molecule has 20 heavy (non-hydrogen) atoms. The highest BCUT2D eigenvalue weighted by Crippen LogP contribution is 2.14. The molecule has 0 heterocycles. The van der Waals surface area contributed by atoms with Crippen molar-refractivity contribution in [3.63, 3.8) is 0 Å². The first kappa shape index (κ1) is 16.0. The van der Waals surface area contributed by atoms with Crippen LogP contribution < -0.4 is 11.1 Å². The smallest absolute Gasteiger partial charge is 0.236 e. The minimum Gasteiger partial charge on any atom is -0.409 e. The van der Waals surface area contributed by atoms with Crippen LogP contribution in [0.1, 0.15) is 18.4 Å². The van der Waals surface area contributed by atoms with Gasteiger partial charge in [0.2, 0.25) is 5.91 Å². The molecule has 0 aliphatic carbocycles. The number of carbonyl (C=O) groups excluding carboxylic acids is 1. The molecule has 0 aromatic heterocycles. The molecule has 110 valence electrons. The quantitative estimate of drug-likeness (QED) is 0.294. The summed E-state index contributed by atoms with van der Waals surface area (Å²) < 4.78 is 0. The first-order chi connectivity index (χ1) is 9.60. The molecule has 0 aliphatic heterocycles. The number of nitrogens with one attached hydrogen (secondary N) is 1. The molecule has 1 aromatic carbocycles. The Morgan fingerprint density at radius 2 is 2.10 bits per heavy atom. The minimum absolute atomic E-state index is 0.0128. The van der Waals surface area contributed by atoms with Gasteiger partial charge in [0, 0.05) is 20.1 Å². The largest absolute Gasteiger partial charge is 0.409 e. The highest BCUT2D eigenvalue weighted by Gasteiger charge is 2.17. The minimum atomic E-state index is -0.263. The van der Waals surface area contributed by atoms with Crippen LogP contribution in [-0.2, 0) is 4.79 Å². The summed E-state index contributed by atoms with van der Waals surface area (Å²) in [5, 5.41) is 15.0. The normalized spacial score (nSPS) is 13.0. The highest BCUT2D eigenvalue weighted by molar-refractivity contribution is 5.87. The van der Waals surface area contributed by atoms with E-state index in [1.165, 1.54) is 0 Å². The summed E-state index contributed by atoms with van der Waals surface area (Å²) in [7, 11) is 1.75. The van der Waals surface area contributed by atoms with Gasteiger partial charge in [-0.15, -0.1) is 0 Å². The summed E-state index contributed by atoms with van der Waals surface area (Å²) >= 11 is 0. The Bertz CT molecular complexity index is 448. The number of benzene rings is 1. The molecule has 1 amide bonds. The van der Waals surface area contributed by atoms with Crippen molar-refractivity contribution in [1.29, 1.82) is 0 Å². The van der Waals surface area contributed by atoms with Crippen molar-refractivity contribution in [2.75, 3.05) is 26.7 Å². The summed E-state index contributed by atoms with van der Waals surface area (Å²) in [5.74, 6) is -0.125. The van der Waals surface area contributed by atoms with E-state index in [0.29, 0.717) is 13.1 Å². The molecule has 4 N–H and O–H groups in total. The van der Waals surface area contributed by atoms with E-state index in [0.717, 1.165) is 5.56 Å². The van der Waals surface area contributed by atoms with E-state index in [1.54, 1.807) is 11.9 Å².